The summed E-state index contributed by atoms with van der Waals surface area (Å²) in [5, 5.41) is 3.83. The second-order valence-corrected chi connectivity index (χ2v) is 5.33. The third-order valence-corrected chi connectivity index (χ3v) is 3.80. The second-order valence-electron chi connectivity index (χ2n) is 5.33. The first-order valence-electron chi connectivity index (χ1n) is 7.61. The minimum atomic E-state index is -0.112. The van der Waals surface area contributed by atoms with Gasteiger partial charge in [-0.2, -0.15) is 0 Å². The molecular weight excluding hydrogens is 280 g/mol. The van der Waals surface area contributed by atoms with Crippen molar-refractivity contribution in [3.63, 3.8) is 0 Å². The minimum Gasteiger partial charge on any atom is -0.379 e. The van der Waals surface area contributed by atoms with Crippen molar-refractivity contribution in [2.45, 2.75) is 6.42 Å². The van der Waals surface area contributed by atoms with Crippen molar-refractivity contribution in [1.82, 2.24) is 20.2 Å². The molecule has 0 spiro atoms. The molecule has 0 unspecified atom stereocenters. The predicted octanol–water partition coefficient (Wildman–Crippen LogP) is 1.08. The summed E-state index contributed by atoms with van der Waals surface area (Å²) in [5.74, 6) is -0.112. The topological polar surface area (TPSA) is 67.4 Å². The van der Waals surface area contributed by atoms with Crippen LogP contribution in [0.2, 0.25) is 0 Å². The molecule has 6 nitrogen and oxygen atoms in total. The van der Waals surface area contributed by atoms with Gasteiger partial charge >= 0.3 is 0 Å². The number of ether oxygens (including phenoxy) is 1. The van der Waals surface area contributed by atoms with Crippen LogP contribution in [0.1, 0.15) is 16.8 Å². The predicted molar refractivity (Wildman–Crippen MR) is 83.7 cm³/mol. The van der Waals surface area contributed by atoms with Crippen LogP contribution >= 0.6 is 0 Å². The summed E-state index contributed by atoms with van der Waals surface area (Å²) in [6.07, 6.45) is 5.92. The summed E-state index contributed by atoms with van der Waals surface area (Å²) in [6, 6.07) is 3.75. The smallest absolute Gasteiger partial charge is 0.255 e. The number of carbonyl (C=O) groups excluding carboxylic acids is 1. The molecule has 116 valence electrons. The van der Waals surface area contributed by atoms with Gasteiger partial charge in [-0.1, -0.05) is 0 Å². The molecule has 1 N–H and O–H groups in total. The van der Waals surface area contributed by atoms with Gasteiger partial charge in [0.25, 0.3) is 5.91 Å². The largest absolute Gasteiger partial charge is 0.379 e. The Kier molecular flexibility index (Phi) is 4.92. The number of pyridine rings is 2. The number of nitrogens with one attached hydrogen (secondary N) is 1. The Morgan fingerprint density at radius 3 is 3.05 bits per heavy atom. The Bertz CT molecular complexity index is 636. The molecule has 2 aromatic heterocycles. The van der Waals surface area contributed by atoms with E-state index in [9.17, 15) is 4.79 Å². The number of fused-ring (bicyclic) bond motifs is 1. The van der Waals surface area contributed by atoms with Crippen molar-refractivity contribution < 1.29 is 9.53 Å². The van der Waals surface area contributed by atoms with Crippen LogP contribution in [-0.2, 0) is 4.74 Å². The maximum Gasteiger partial charge on any atom is 0.255 e. The summed E-state index contributed by atoms with van der Waals surface area (Å²) in [6.45, 7) is 5.20. The molecule has 0 aromatic carbocycles. The molecule has 0 saturated carbocycles. The van der Waals surface area contributed by atoms with Crippen LogP contribution in [0.15, 0.2) is 30.7 Å². The van der Waals surface area contributed by atoms with Gasteiger partial charge in [-0.25, -0.2) is 0 Å². The molecule has 0 radical (unpaired) electrons. The third kappa shape index (κ3) is 3.58. The van der Waals surface area contributed by atoms with E-state index in [2.05, 4.69) is 20.2 Å². The van der Waals surface area contributed by atoms with Crippen LogP contribution in [0.25, 0.3) is 10.9 Å². The normalized spacial score (nSPS) is 15.8. The zero-order valence-electron chi connectivity index (χ0n) is 12.5. The molecule has 1 fully saturated rings. The van der Waals surface area contributed by atoms with Gasteiger partial charge in [0, 0.05) is 43.6 Å². The number of morpholine rings is 1. The van der Waals surface area contributed by atoms with E-state index in [1.807, 2.05) is 12.1 Å². The number of rotatable bonds is 5. The Hall–Kier alpha value is -2.05. The summed E-state index contributed by atoms with van der Waals surface area (Å²) in [4.78, 5) is 23.0. The van der Waals surface area contributed by atoms with Crippen LogP contribution in [-0.4, -0.2) is 60.2 Å². The maximum absolute atomic E-state index is 12.3. The van der Waals surface area contributed by atoms with Crippen molar-refractivity contribution in [3.05, 3.63) is 36.3 Å². The van der Waals surface area contributed by atoms with Crippen molar-refractivity contribution in [2.75, 3.05) is 39.4 Å². The zero-order valence-corrected chi connectivity index (χ0v) is 12.5. The molecule has 22 heavy (non-hydrogen) atoms. The summed E-state index contributed by atoms with van der Waals surface area (Å²) in [5.41, 5.74) is 1.23. The minimum absolute atomic E-state index is 0.112. The summed E-state index contributed by atoms with van der Waals surface area (Å²) in [7, 11) is 0. The molecule has 6 heteroatoms. The van der Waals surface area contributed by atoms with Crippen LogP contribution in [0.4, 0.5) is 0 Å². The van der Waals surface area contributed by atoms with Gasteiger partial charge in [-0.15, -0.1) is 0 Å². The van der Waals surface area contributed by atoms with Crippen LogP contribution < -0.4 is 5.32 Å². The average molecular weight is 300 g/mol. The van der Waals surface area contributed by atoms with Crippen molar-refractivity contribution in [3.8, 4) is 0 Å². The molecule has 1 aliphatic rings. The Labute approximate surface area is 129 Å². The van der Waals surface area contributed by atoms with E-state index in [4.69, 9.17) is 4.74 Å². The second kappa shape index (κ2) is 7.29. The van der Waals surface area contributed by atoms with E-state index in [-0.39, 0.29) is 5.91 Å². The van der Waals surface area contributed by atoms with E-state index in [1.54, 1.807) is 18.6 Å². The molecule has 3 heterocycles. The van der Waals surface area contributed by atoms with Gasteiger partial charge in [0.1, 0.15) is 0 Å². The van der Waals surface area contributed by atoms with Crippen LogP contribution in [0, 0.1) is 0 Å². The van der Waals surface area contributed by atoms with Gasteiger partial charge in [-0.05, 0) is 25.1 Å². The van der Waals surface area contributed by atoms with E-state index in [1.165, 1.54) is 0 Å². The zero-order chi connectivity index (χ0) is 15.2. The fourth-order valence-corrected chi connectivity index (χ4v) is 2.59. The summed E-state index contributed by atoms with van der Waals surface area (Å²) < 4.78 is 5.32. The lowest BCUT2D eigenvalue weighted by molar-refractivity contribution is 0.0374. The van der Waals surface area contributed by atoms with E-state index in [0.717, 1.165) is 44.7 Å². The average Bonchev–Trinajstić information content (AvgIpc) is 2.59. The number of nitrogens with zero attached hydrogens (tertiary/aromatic N) is 3. The number of amides is 1. The summed E-state index contributed by atoms with van der Waals surface area (Å²) >= 11 is 0. The number of hydrogen-bond donors (Lipinski definition) is 1. The quantitative estimate of drug-likeness (QED) is 0.837. The Morgan fingerprint density at radius 1 is 1.32 bits per heavy atom. The maximum atomic E-state index is 12.3. The third-order valence-electron chi connectivity index (χ3n) is 3.80. The van der Waals surface area contributed by atoms with Crippen molar-refractivity contribution in [2.24, 2.45) is 0 Å². The number of carbonyl (C=O) groups is 1. The van der Waals surface area contributed by atoms with Crippen molar-refractivity contribution >= 4 is 16.8 Å². The first-order chi connectivity index (χ1) is 10.8. The fraction of sp³-hybridized carbons (Fsp3) is 0.438. The van der Waals surface area contributed by atoms with Crippen molar-refractivity contribution in [1.29, 1.82) is 0 Å². The molecule has 0 aliphatic carbocycles. The van der Waals surface area contributed by atoms with Gasteiger partial charge in [0.2, 0.25) is 0 Å². The van der Waals surface area contributed by atoms with E-state index < -0.39 is 0 Å². The molecule has 1 amide bonds. The van der Waals surface area contributed by atoms with E-state index in [0.29, 0.717) is 17.6 Å². The van der Waals surface area contributed by atoms with Gasteiger partial charge < -0.3 is 10.1 Å². The molecule has 1 saturated heterocycles. The van der Waals surface area contributed by atoms with Gasteiger partial charge in [-0.3, -0.25) is 19.7 Å². The highest BCUT2D eigenvalue weighted by Gasteiger charge is 2.12. The highest BCUT2D eigenvalue weighted by atomic mass is 16.5. The fourth-order valence-electron chi connectivity index (χ4n) is 2.59. The molecule has 0 atom stereocenters. The van der Waals surface area contributed by atoms with Gasteiger partial charge in [0.05, 0.1) is 24.3 Å². The Morgan fingerprint density at radius 2 is 2.18 bits per heavy atom. The highest BCUT2D eigenvalue weighted by molar-refractivity contribution is 6.04. The van der Waals surface area contributed by atoms with Crippen LogP contribution in [0.3, 0.4) is 0 Å². The standard InChI is InChI=1S/C16H20N4O2/c21-16(19-5-2-6-20-7-9-22-10-8-20)14-12-17-11-13-3-1-4-18-15(13)14/h1,3-4,11-12H,2,5-10H2,(H,19,21). The van der Waals surface area contributed by atoms with Crippen LogP contribution in [0.5, 0.6) is 0 Å². The Balaban J connectivity index is 1.53. The lowest BCUT2D eigenvalue weighted by Gasteiger charge is -2.26. The monoisotopic (exact) mass is 300 g/mol. The molecular formula is C16H20N4O2. The molecule has 2 aromatic rings. The molecule has 3 rings (SSSR count). The highest BCUT2D eigenvalue weighted by Crippen LogP contribution is 2.13. The number of hydrogen-bond acceptors (Lipinski definition) is 5. The lowest BCUT2D eigenvalue weighted by atomic mass is 10.1. The van der Waals surface area contributed by atoms with E-state index >= 15 is 0 Å². The first-order valence-corrected chi connectivity index (χ1v) is 7.61. The SMILES string of the molecule is O=C(NCCCN1CCOCC1)c1cncc2cccnc12. The first kappa shape index (κ1) is 14.9. The molecule has 1 aliphatic heterocycles. The lowest BCUT2D eigenvalue weighted by Crippen LogP contribution is -2.38. The molecule has 0 bridgehead atoms. The number of aromatic nitrogens is 2. The van der Waals surface area contributed by atoms with Gasteiger partial charge in [0.15, 0.2) is 0 Å².